The average molecular weight is 245 g/mol. The summed E-state index contributed by atoms with van der Waals surface area (Å²) in [5.41, 5.74) is 2.37. The number of carboxylic acid groups (broad SMARTS) is 1. The third-order valence-electron chi connectivity index (χ3n) is 2.29. The Morgan fingerprint density at radius 2 is 1.94 bits per heavy atom. The van der Waals surface area contributed by atoms with Crippen molar-refractivity contribution in [2.24, 2.45) is 0 Å². The molecule has 18 heavy (non-hydrogen) atoms. The first-order chi connectivity index (χ1) is 8.65. The Labute approximate surface area is 103 Å². The summed E-state index contributed by atoms with van der Waals surface area (Å²) in [6, 6.07) is 8.86. The van der Waals surface area contributed by atoms with Crippen LogP contribution in [0.25, 0.3) is 11.3 Å². The van der Waals surface area contributed by atoms with E-state index >= 15 is 0 Å². The zero-order chi connectivity index (χ0) is 13.0. The lowest BCUT2D eigenvalue weighted by Crippen LogP contribution is -2.15. The van der Waals surface area contributed by atoms with Gasteiger partial charge in [-0.25, -0.2) is 0 Å². The molecule has 3 N–H and O–H groups in total. The number of aromatic amines is 1. The van der Waals surface area contributed by atoms with Crippen LogP contribution in [0.2, 0.25) is 0 Å². The van der Waals surface area contributed by atoms with Crippen molar-refractivity contribution in [1.82, 2.24) is 10.2 Å². The van der Waals surface area contributed by atoms with Crippen LogP contribution in [0.1, 0.15) is 6.42 Å². The second-order valence-electron chi connectivity index (χ2n) is 3.67. The lowest BCUT2D eigenvalue weighted by Gasteiger charge is -2.04. The van der Waals surface area contributed by atoms with Crippen molar-refractivity contribution in [2.45, 2.75) is 6.42 Å². The Kier molecular flexibility index (Phi) is 3.38. The van der Waals surface area contributed by atoms with E-state index in [0.717, 1.165) is 11.3 Å². The van der Waals surface area contributed by atoms with E-state index in [-0.39, 0.29) is 0 Å². The fourth-order valence-corrected chi connectivity index (χ4v) is 1.49. The van der Waals surface area contributed by atoms with E-state index < -0.39 is 18.3 Å². The molecule has 0 fully saturated rings. The average Bonchev–Trinajstić information content (AvgIpc) is 2.82. The lowest BCUT2D eigenvalue weighted by atomic mass is 10.1. The van der Waals surface area contributed by atoms with Crippen molar-refractivity contribution in [2.75, 3.05) is 5.32 Å². The second kappa shape index (κ2) is 5.13. The van der Waals surface area contributed by atoms with E-state index in [9.17, 15) is 9.59 Å². The number of benzene rings is 1. The summed E-state index contributed by atoms with van der Waals surface area (Å²) in [6.07, 6.45) is 1.11. The van der Waals surface area contributed by atoms with E-state index in [0.29, 0.717) is 5.69 Å². The maximum absolute atomic E-state index is 11.2. The van der Waals surface area contributed by atoms with Crippen LogP contribution >= 0.6 is 0 Å². The summed E-state index contributed by atoms with van der Waals surface area (Å²) in [6.45, 7) is 0. The third-order valence-corrected chi connectivity index (χ3v) is 2.29. The van der Waals surface area contributed by atoms with Crippen LogP contribution in [0, 0.1) is 0 Å². The number of nitrogens with zero attached hydrogens (tertiary/aromatic N) is 1. The SMILES string of the molecule is O=C(O)CC(=O)Nc1ccc(-c2ccn[nH]2)cc1. The van der Waals surface area contributed by atoms with Crippen LogP contribution in [-0.4, -0.2) is 27.2 Å². The number of carbonyl (C=O) groups excluding carboxylic acids is 1. The molecule has 0 radical (unpaired) electrons. The van der Waals surface area contributed by atoms with Crippen LogP contribution in [0.5, 0.6) is 0 Å². The summed E-state index contributed by atoms with van der Waals surface area (Å²) in [4.78, 5) is 21.6. The molecule has 2 rings (SSSR count). The van der Waals surface area contributed by atoms with E-state index in [1.54, 1.807) is 18.3 Å². The van der Waals surface area contributed by atoms with E-state index in [2.05, 4.69) is 15.5 Å². The molecule has 0 atom stereocenters. The number of aliphatic carboxylic acids is 1. The Morgan fingerprint density at radius 1 is 1.22 bits per heavy atom. The molecular formula is C12H11N3O3. The molecule has 6 nitrogen and oxygen atoms in total. The number of amides is 1. The molecule has 0 spiro atoms. The second-order valence-corrected chi connectivity index (χ2v) is 3.67. The van der Waals surface area contributed by atoms with Crippen LogP contribution in [0.4, 0.5) is 5.69 Å². The van der Waals surface area contributed by atoms with Gasteiger partial charge >= 0.3 is 5.97 Å². The van der Waals surface area contributed by atoms with Crippen LogP contribution in [0.3, 0.4) is 0 Å². The van der Waals surface area contributed by atoms with Crippen LogP contribution < -0.4 is 5.32 Å². The smallest absolute Gasteiger partial charge is 0.312 e. The lowest BCUT2D eigenvalue weighted by molar-refractivity contribution is -0.139. The minimum Gasteiger partial charge on any atom is -0.481 e. The number of hydrogen-bond acceptors (Lipinski definition) is 3. The zero-order valence-electron chi connectivity index (χ0n) is 9.38. The molecule has 0 aliphatic heterocycles. The number of H-pyrrole nitrogens is 1. The minimum atomic E-state index is -1.15. The van der Waals surface area contributed by atoms with Gasteiger partial charge in [0, 0.05) is 11.9 Å². The normalized spacial score (nSPS) is 10.0. The number of aromatic nitrogens is 2. The number of rotatable bonds is 4. The fourth-order valence-electron chi connectivity index (χ4n) is 1.49. The molecule has 1 aromatic carbocycles. The van der Waals surface area contributed by atoms with Gasteiger partial charge < -0.3 is 10.4 Å². The van der Waals surface area contributed by atoms with Crippen molar-refractivity contribution in [1.29, 1.82) is 0 Å². The molecule has 1 aromatic heterocycles. The molecule has 92 valence electrons. The molecule has 0 aliphatic rings. The van der Waals surface area contributed by atoms with Gasteiger partial charge in [-0.3, -0.25) is 14.7 Å². The fraction of sp³-hybridized carbons (Fsp3) is 0.0833. The van der Waals surface area contributed by atoms with E-state index in [4.69, 9.17) is 5.11 Å². The van der Waals surface area contributed by atoms with E-state index in [1.807, 2.05) is 18.2 Å². The molecule has 0 bridgehead atoms. The molecule has 6 heteroatoms. The van der Waals surface area contributed by atoms with Gasteiger partial charge in [-0.05, 0) is 23.8 Å². The highest BCUT2D eigenvalue weighted by Crippen LogP contribution is 2.18. The molecule has 0 saturated carbocycles. The monoisotopic (exact) mass is 245 g/mol. The predicted molar refractivity (Wildman–Crippen MR) is 64.9 cm³/mol. The largest absolute Gasteiger partial charge is 0.481 e. The molecule has 1 heterocycles. The molecule has 2 aromatic rings. The first kappa shape index (κ1) is 11.8. The summed E-state index contributed by atoms with van der Waals surface area (Å²) in [7, 11) is 0. The van der Waals surface area contributed by atoms with Gasteiger partial charge in [-0.1, -0.05) is 12.1 Å². The molecule has 0 unspecified atom stereocenters. The van der Waals surface area contributed by atoms with Gasteiger partial charge in [0.15, 0.2) is 0 Å². The first-order valence-electron chi connectivity index (χ1n) is 5.26. The van der Waals surface area contributed by atoms with Gasteiger partial charge in [-0.15, -0.1) is 0 Å². The predicted octanol–water partition coefficient (Wildman–Crippen LogP) is 1.49. The van der Waals surface area contributed by atoms with Gasteiger partial charge in [0.05, 0.1) is 5.69 Å². The summed E-state index contributed by atoms with van der Waals surface area (Å²) >= 11 is 0. The van der Waals surface area contributed by atoms with Gasteiger partial charge in [-0.2, -0.15) is 5.10 Å². The minimum absolute atomic E-state index is 0.539. The van der Waals surface area contributed by atoms with Crippen molar-refractivity contribution in [3.8, 4) is 11.3 Å². The summed E-state index contributed by atoms with van der Waals surface area (Å²) in [5, 5.41) is 17.6. The quantitative estimate of drug-likeness (QED) is 0.711. The number of carbonyl (C=O) groups is 2. The highest BCUT2D eigenvalue weighted by atomic mass is 16.4. The van der Waals surface area contributed by atoms with Crippen LogP contribution in [-0.2, 0) is 9.59 Å². The van der Waals surface area contributed by atoms with Crippen molar-refractivity contribution in [3.05, 3.63) is 36.5 Å². The standard InChI is InChI=1S/C12H11N3O3/c16-11(7-12(17)18)14-9-3-1-8(2-4-9)10-5-6-13-15-10/h1-6H,7H2,(H,13,15)(H,14,16)(H,17,18). The van der Waals surface area contributed by atoms with Gasteiger partial charge in [0.25, 0.3) is 0 Å². The highest BCUT2D eigenvalue weighted by Gasteiger charge is 2.07. The van der Waals surface area contributed by atoms with Crippen molar-refractivity contribution in [3.63, 3.8) is 0 Å². The Bertz CT molecular complexity index is 546. The maximum Gasteiger partial charge on any atom is 0.312 e. The number of nitrogens with one attached hydrogen (secondary N) is 2. The number of hydrogen-bond donors (Lipinski definition) is 3. The van der Waals surface area contributed by atoms with Crippen molar-refractivity contribution < 1.29 is 14.7 Å². The molecule has 0 saturated heterocycles. The van der Waals surface area contributed by atoms with Gasteiger partial charge in [0.2, 0.25) is 5.91 Å². The highest BCUT2D eigenvalue weighted by molar-refractivity contribution is 6.01. The van der Waals surface area contributed by atoms with Crippen LogP contribution in [0.15, 0.2) is 36.5 Å². The molecule has 1 amide bonds. The number of carboxylic acids is 1. The summed E-state index contributed by atoms with van der Waals surface area (Å²) < 4.78 is 0. The number of anilines is 1. The van der Waals surface area contributed by atoms with E-state index in [1.165, 1.54) is 0 Å². The topological polar surface area (TPSA) is 95.1 Å². The third kappa shape index (κ3) is 2.94. The van der Waals surface area contributed by atoms with Gasteiger partial charge in [0.1, 0.15) is 6.42 Å². The molecule has 0 aliphatic carbocycles. The maximum atomic E-state index is 11.2. The first-order valence-corrected chi connectivity index (χ1v) is 5.26. The Balaban J connectivity index is 2.04. The Morgan fingerprint density at radius 3 is 2.50 bits per heavy atom. The van der Waals surface area contributed by atoms with Crippen molar-refractivity contribution >= 4 is 17.6 Å². The Hall–Kier alpha value is -2.63. The molecular weight excluding hydrogens is 234 g/mol. The zero-order valence-corrected chi connectivity index (χ0v) is 9.38. The summed E-state index contributed by atoms with van der Waals surface area (Å²) in [5.74, 6) is -1.70.